The molecule has 0 saturated carbocycles. The summed E-state index contributed by atoms with van der Waals surface area (Å²) < 4.78 is 27.7. The first-order valence-electron chi connectivity index (χ1n) is 6.05. The Morgan fingerprint density at radius 3 is 2.53 bits per heavy atom. The monoisotopic (exact) mass is 288 g/mol. The second-order valence-corrected chi connectivity index (χ2v) is 6.31. The SMILES string of the molecule is CCC(C)CN(C)C(=O)c1cc(S(N)(=O)=O)c(C)o1. The summed E-state index contributed by atoms with van der Waals surface area (Å²) in [6.07, 6.45) is 0.956. The van der Waals surface area contributed by atoms with Crippen molar-refractivity contribution in [1.29, 1.82) is 0 Å². The molecule has 0 saturated heterocycles. The first-order chi connectivity index (χ1) is 8.66. The molecule has 0 bridgehead atoms. The number of carbonyl (C=O) groups is 1. The van der Waals surface area contributed by atoms with Crippen molar-refractivity contribution in [3.05, 3.63) is 17.6 Å². The van der Waals surface area contributed by atoms with Gasteiger partial charge in [-0.25, -0.2) is 13.6 Å². The molecule has 1 aromatic rings. The van der Waals surface area contributed by atoms with Crippen molar-refractivity contribution in [3.63, 3.8) is 0 Å². The highest BCUT2D eigenvalue weighted by atomic mass is 32.2. The van der Waals surface area contributed by atoms with E-state index in [0.29, 0.717) is 12.5 Å². The summed E-state index contributed by atoms with van der Waals surface area (Å²) in [5.74, 6) is 0.135. The maximum Gasteiger partial charge on any atom is 0.289 e. The fourth-order valence-corrected chi connectivity index (χ4v) is 2.43. The lowest BCUT2D eigenvalue weighted by atomic mass is 10.1. The van der Waals surface area contributed by atoms with Crippen LogP contribution >= 0.6 is 0 Å². The molecule has 1 rings (SSSR count). The second kappa shape index (κ2) is 5.75. The first-order valence-corrected chi connectivity index (χ1v) is 7.60. The van der Waals surface area contributed by atoms with Gasteiger partial charge in [-0.1, -0.05) is 20.3 Å². The number of nitrogens with zero attached hydrogens (tertiary/aromatic N) is 1. The predicted octanol–water partition coefficient (Wildman–Crippen LogP) is 1.35. The number of rotatable bonds is 5. The first kappa shape index (κ1) is 15.7. The molecule has 0 aromatic carbocycles. The number of amides is 1. The van der Waals surface area contributed by atoms with Crippen LogP contribution in [0.1, 0.15) is 36.6 Å². The molecule has 108 valence electrons. The minimum Gasteiger partial charge on any atom is -0.455 e. The Labute approximate surface area is 113 Å². The van der Waals surface area contributed by atoms with Crippen LogP contribution in [0.3, 0.4) is 0 Å². The molecule has 2 N–H and O–H groups in total. The van der Waals surface area contributed by atoms with Gasteiger partial charge in [0.1, 0.15) is 10.7 Å². The van der Waals surface area contributed by atoms with Crippen LogP contribution in [0.25, 0.3) is 0 Å². The molecule has 0 aliphatic carbocycles. The number of nitrogens with two attached hydrogens (primary N) is 1. The van der Waals surface area contributed by atoms with Crippen LogP contribution in [0, 0.1) is 12.8 Å². The summed E-state index contributed by atoms with van der Waals surface area (Å²) >= 11 is 0. The minimum atomic E-state index is -3.86. The van der Waals surface area contributed by atoms with Crippen LogP contribution < -0.4 is 5.14 Å². The molecule has 0 fully saturated rings. The standard InChI is InChI=1S/C12H20N2O4S/c1-5-8(2)7-14(4)12(15)10-6-11(9(3)18-10)19(13,16)17/h6,8H,5,7H2,1-4H3,(H2,13,16,17). The van der Waals surface area contributed by atoms with Gasteiger partial charge in [0.05, 0.1) is 0 Å². The van der Waals surface area contributed by atoms with Gasteiger partial charge in [-0.05, 0) is 12.8 Å². The molecular formula is C12H20N2O4S. The lowest BCUT2D eigenvalue weighted by Gasteiger charge is -2.19. The van der Waals surface area contributed by atoms with Gasteiger partial charge in [-0.3, -0.25) is 4.79 Å². The summed E-state index contributed by atoms with van der Waals surface area (Å²) in [5, 5.41) is 5.04. The number of sulfonamides is 1. The highest BCUT2D eigenvalue weighted by molar-refractivity contribution is 7.89. The summed E-state index contributed by atoms with van der Waals surface area (Å²) in [6.45, 7) is 6.12. The van der Waals surface area contributed by atoms with Crippen LogP contribution in [0.15, 0.2) is 15.4 Å². The highest BCUT2D eigenvalue weighted by Crippen LogP contribution is 2.20. The summed E-state index contributed by atoms with van der Waals surface area (Å²) in [6, 6.07) is 1.18. The van der Waals surface area contributed by atoms with E-state index in [2.05, 4.69) is 0 Å². The molecule has 1 amide bonds. The highest BCUT2D eigenvalue weighted by Gasteiger charge is 2.23. The zero-order chi connectivity index (χ0) is 14.8. The summed E-state index contributed by atoms with van der Waals surface area (Å²) in [4.78, 5) is 13.5. The molecular weight excluding hydrogens is 268 g/mol. The molecule has 0 radical (unpaired) electrons. The van der Waals surface area contributed by atoms with Crippen molar-refractivity contribution in [2.75, 3.05) is 13.6 Å². The Hall–Kier alpha value is -1.34. The molecule has 0 spiro atoms. The topological polar surface area (TPSA) is 93.6 Å². The van der Waals surface area contributed by atoms with Crippen molar-refractivity contribution in [1.82, 2.24) is 4.90 Å². The number of hydrogen-bond donors (Lipinski definition) is 1. The zero-order valence-electron chi connectivity index (χ0n) is 11.6. The zero-order valence-corrected chi connectivity index (χ0v) is 12.5. The molecule has 7 heteroatoms. The lowest BCUT2D eigenvalue weighted by molar-refractivity contribution is 0.0742. The van der Waals surface area contributed by atoms with Crippen molar-refractivity contribution < 1.29 is 17.6 Å². The molecule has 1 unspecified atom stereocenters. The van der Waals surface area contributed by atoms with Crippen LogP contribution in [-0.2, 0) is 10.0 Å². The van der Waals surface area contributed by atoms with Crippen LogP contribution in [0.4, 0.5) is 0 Å². The molecule has 19 heavy (non-hydrogen) atoms. The molecule has 0 aliphatic rings. The van der Waals surface area contributed by atoms with E-state index in [1.807, 2.05) is 13.8 Å². The minimum absolute atomic E-state index is 0.00710. The number of furan rings is 1. The van der Waals surface area contributed by atoms with E-state index in [4.69, 9.17) is 9.56 Å². The fraction of sp³-hybridized carbons (Fsp3) is 0.583. The lowest BCUT2D eigenvalue weighted by Crippen LogP contribution is -2.30. The van der Waals surface area contributed by atoms with Gasteiger partial charge in [0, 0.05) is 19.7 Å². The summed E-state index contributed by atoms with van der Waals surface area (Å²) in [7, 11) is -2.21. The van der Waals surface area contributed by atoms with Crippen LogP contribution in [0.2, 0.25) is 0 Å². The number of hydrogen-bond acceptors (Lipinski definition) is 4. The molecule has 6 nitrogen and oxygen atoms in total. The smallest absolute Gasteiger partial charge is 0.289 e. The molecule has 1 heterocycles. The van der Waals surface area contributed by atoms with E-state index in [1.165, 1.54) is 17.9 Å². The Kier molecular flexibility index (Phi) is 4.75. The molecule has 0 aliphatic heterocycles. The third-order valence-corrected chi connectivity index (χ3v) is 4.04. The van der Waals surface area contributed by atoms with Gasteiger partial charge in [0.25, 0.3) is 5.91 Å². The van der Waals surface area contributed by atoms with E-state index in [-0.39, 0.29) is 22.3 Å². The van der Waals surface area contributed by atoms with E-state index < -0.39 is 10.0 Å². The van der Waals surface area contributed by atoms with Crippen LogP contribution in [-0.4, -0.2) is 32.8 Å². The van der Waals surface area contributed by atoms with Crippen molar-refractivity contribution in [2.24, 2.45) is 11.1 Å². The molecule has 1 atom stereocenters. The second-order valence-electron chi connectivity index (χ2n) is 4.78. The normalized spacial score (nSPS) is 13.3. The van der Waals surface area contributed by atoms with Gasteiger partial charge in [-0.2, -0.15) is 0 Å². The van der Waals surface area contributed by atoms with Crippen molar-refractivity contribution in [2.45, 2.75) is 32.1 Å². The largest absolute Gasteiger partial charge is 0.455 e. The maximum atomic E-state index is 12.1. The van der Waals surface area contributed by atoms with Gasteiger partial charge < -0.3 is 9.32 Å². The number of carbonyl (C=O) groups excluding carboxylic acids is 1. The molecule has 1 aromatic heterocycles. The van der Waals surface area contributed by atoms with E-state index in [1.54, 1.807) is 7.05 Å². The predicted molar refractivity (Wildman–Crippen MR) is 71.2 cm³/mol. The van der Waals surface area contributed by atoms with Crippen molar-refractivity contribution in [3.8, 4) is 0 Å². The average Bonchev–Trinajstić information content (AvgIpc) is 2.69. The quantitative estimate of drug-likeness (QED) is 0.885. The Morgan fingerprint density at radius 1 is 1.53 bits per heavy atom. The third kappa shape index (κ3) is 3.81. The van der Waals surface area contributed by atoms with Crippen molar-refractivity contribution >= 4 is 15.9 Å². The van der Waals surface area contributed by atoms with Gasteiger partial charge in [0.2, 0.25) is 10.0 Å². The van der Waals surface area contributed by atoms with Gasteiger partial charge in [-0.15, -0.1) is 0 Å². The third-order valence-electron chi connectivity index (χ3n) is 3.02. The Morgan fingerprint density at radius 2 is 2.11 bits per heavy atom. The Bertz CT molecular complexity index is 562. The van der Waals surface area contributed by atoms with Gasteiger partial charge >= 0.3 is 0 Å². The van der Waals surface area contributed by atoms with Crippen LogP contribution in [0.5, 0.6) is 0 Å². The number of aryl methyl sites for hydroxylation is 1. The Balaban J connectivity index is 2.96. The van der Waals surface area contributed by atoms with Gasteiger partial charge in [0.15, 0.2) is 5.76 Å². The maximum absolute atomic E-state index is 12.1. The van der Waals surface area contributed by atoms with E-state index in [0.717, 1.165) is 6.42 Å². The average molecular weight is 288 g/mol. The fourth-order valence-electron chi connectivity index (χ4n) is 1.72. The number of primary sulfonamides is 1. The summed E-state index contributed by atoms with van der Waals surface area (Å²) in [5.41, 5.74) is 0. The van der Waals surface area contributed by atoms with E-state index >= 15 is 0 Å². The van der Waals surface area contributed by atoms with E-state index in [9.17, 15) is 13.2 Å².